The first kappa shape index (κ1) is 18.5. The molecule has 0 fully saturated rings. The molecule has 114 valence electrons. The minimum atomic E-state index is -0.362. The second-order valence-corrected chi connectivity index (χ2v) is 8.74. The van der Waals surface area contributed by atoms with Crippen molar-refractivity contribution in [2.24, 2.45) is 10.8 Å². The summed E-state index contributed by atoms with van der Waals surface area (Å²) in [6.45, 7) is 17.2. The Morgan fingerprint density at radius 3 is 1.79 bits per heavy atom. The van der Waals surface area contributed by atoms with Crippen LogP contribution in [-0.4, -0.2) is 11.6 Å². The molecule has 0 radical (unpaired) electrons. The molecule has 0 aliphatic heterocycles. The van der Waals surface area contributed by atoms with Crippen LogP contribution in [0.5, 0.6) is 0 Å². The molecule has 0 N–H and O–H groups in total. The van der Waals surface area contributed by atoms with Crippen LogP contribution in [0.3, 0.4) is 0 Å². The number of carbonyl (C=O) groups excluding carboxylic acids is 1. The average molecular weight is 270 g/mol. The number of rotatable bonds is 6. The molecule has 0 spiro atoms. The van der Waals surface area contributed by atoms with Gasteiger partial charge in [0, 0.05) is 6.42 Å². The second kappa shape index (κ2) is 6.76. The Morgan fingerprint density at radius 1 is 0.842 bits per heavy atom. The van der Waals surface area contributed by atoms with Gasteiger partial charge in [0.15, 0.2) is 0 Å². The fourth-order valence-corrected chi connectivity index (χ4v) is 2.60. The van der Waals surface area contributed by atoms with E-state index in [0.717, 1.165) is 25.7 Å². The highest BCUT2D eigenvalue weighted by atomic mass is 16.6. The molecule has 0 aliphatic carbocycles. The molecule has 0 saturated heterocycles. The fraction of sp³-hybridized carbons (Fsp3) is 0.941. The van der Waals surface area contributed by atoms with Crippen molar-refractivity contribution in [1.29, 1.82) is 0 Å². The van der Waals surface area contributed by atoms with Gasteiger partial charge in [0.05, 0.1) is 0 Å². The summed E-state index contributed by atoms with van der Waals surface area (Å²) in [5.74, 6) is -0.0526. The van der Waals surface area contributed by atoms with Crippen molar-refractivity contribution in [3.8, 4) is 0 Å². The van der Waals surface area contributed by atoms with Crippen molar-refractivity contribution in [2.45, 2.75) is 93.1 Å². The van der Waals surface area contributed by atoms with Crippen LogP contribution in [0.25, 0.3) is 0 Å². The molecule has 2 heteroatoms. The van der Waals surface area contributed by atoms with Crippen molar-refractivity contribution in [1.82, 2.24) is 0 Å². The highest BCUT2D eigenvalue weighted by Crippen LogP contribution is 2.30. The number of esters is 1. The molecule has 0 unspecified atom stereocenters. The molecular weight excluding hydrogens is 236 g/mol. The number of hydrogen-bond donors (Lipinski definition) is 0. The van der Waals surface area contributed by atoms with Gasteiger partial charge in [-0.3, -0.25) is 4.79 Å². The van der Waals surface area contributed by atoms with E-state index in [-0.39, 0.29) is 17.0 Å². The Kier molecular flexibility index (Phi) is 6.57. The maximum Gasteiger partial charge on any atom is 0.306 e. The minimum Gasteiger partial charge on any atom is -0.460 e. The molecule has 0 heterocycles. The van der Waals surface area contributed by atoms with Crippen molar-refractivity contribution in [2.75, 3.05) is 0 Å². The van der Waals surface area contributed by atoms with Gasteiger partial charge in [-0.05, 0) is 43.9 Å². The van der Waals surface area contributed by atoms with Crippen LogP contribution < -0.4 is 0 Å². The number of ether oxygens (including phenoxy) is 1. The molecule has 0 atom stereocenters. The average Bonchev–Trinajstić information content (AvgIpc) is 2.05. The SMILES string of the molecule is CC(C)(C)CCCCC(=O)OC(C)(C)CC(C)(C)C. The Morgan fingerprint density at radius 2 is 1.37 bits per heavy atom. The summed E-state index contributed by atoms with van der Waals surface area (Å²) in [5.41, 5.74) is 0.171. The Hall–Kier alpha value is -0.530. The zero-order chi connectivity index (χ0) is 15.3. The third-order valence-electron chi connectivity index (χ3n) is 2.90. The first-order valence-electron chi connectivity index (χ1n) is 7.53. The molecule has 0 aromatic carbocycles. The Labute approximate surface area is 120 Å². The molecule has 0 aromatic rings. The summed E-state index contributed by atoms with van der Waals surface area (Å²) in [5, 5.41) is 0. The van der Waals surface area contributed by atoms with E-state index in [1.165, 1.54) is 0 Å². The van der Waals surface area contributed by atoms with Crippen LogP contribution in [0.2, 0.25) is 0 Å². The summed E-state index contributed by atoms with van der Waals surface area (Å²) < 4.78 is 5.61. The summed E-state index contributed by atoms with van der Waals surface area (Å²) in [4.78, 5) is 11.8. The van der Waals surface area contributed by atoms with Gasteiger partial charge in [-0.25, -0.2) is 0 Å². The van der Waals surface area contributed by atoms with Gasteiger partial charge in [0.25, 0.3) is 0 Å². The van der Waals surface area contributed by atoms with Gasteiger partial charge in [-0.2, -0.15) is 0 Å². The molecule has 0 aliphatic rings. The molecule has 0 amide bonds. The third kappa shape index (κ3) is 12.3. The molecule has 2 nitrogen and oxygen atoms in total. The smallest absolute Gasteiger partial charge is 0.306 e. The third-order valence-corrected chi connectivity index (χ3v) is 2.90. The van der Waals surface area contributed by atoms with Crippen LogP contribution in [0.15, 0.2) is 0 Å². The van der Waals surface area contributed by atoms with Crippen LogP contribution in [0, 0.1) is 10.8 Å². The predicted octanol–water partition coefficient (Wildman–Crippen LogP) is 5.35. The van der Waals surface area contributed by atoms with Gasteiger partial charge in [0.1, 0.15) is 5.60 Å². The summed E-state index contributed by atoms with van der Waals surface area (Å²) in [6.07, 6.45) is 4.61. The van der Waals surface area contributed by atoms with Crippen LogP contribution >= 0.6 is 0 Å². The molecule has 0 aromatic heterocycles. The maximum absolute atomic E-state index is 11.8. The van der Waals surface area contributed by atoms with Crippen molar-refractivity contribution in [3.05, 3.63) is 0 Å². The van der Waals surface area contributed by atoms with E-state index in [1.54, 1.807) is 0 Å². The lowest BCUT2D eigenvalue weighted by Gasteiger charge is -2.32. The maximum atomic E-state index is 11.8. The highest BCUT2D eigenvalue weighted by molar-refractivity contribution is 5.69. The molecular formula is C17H34O2. The van der Waals surface area contributed by atoms with E-state index >= 15 is 0 Å². The first-order chi connectivity index (χ1) is 8.31. The van der Waals surface area contributed by atoms with Crippen molar-refractivity contribution in [3.63, 3.8) is 0 Å². The molecule has 0 bridgehead atoms. The van der Waals surface area contributed by atoms with Gasteiger partial charge in [-0.15, -0.1) is 0 Å². The van der Waals surface area contributed by atoms with E-state index in [0.29, 0.717) is 11.8 Å². The van der Waals surface area contributed by atoms with Crippen molar-refractivity contribution >= 4 is 5.97 Å². The van der Waals surface area contributed by atoms with Gasteiger partial charge >= 0.3 is 5.97 Å². The van der Waals surface area contributed by atoms with Gasteiger partial charge < -0.3 is 4.74 Å². The lowest BCUT2D eigenvalue weighted by molar-refractivity contribution is -0.159. The van der Waals surface area contributed by atoms with Gasteiger partial charge in [0.2, 0.25) is 0 Å². The first-order valence-corrected chi connectivity index (χ1v) is 7.53. The Bertz CT molecular complexity index is 277. The zero-order valence-corrected chi connectivity index (χ0v) is 14.4. The molecule has 19 heavy (non-hydrogen) atoms. The predicted molar refractivity (Wildman–Crippen MR) is 82.2 cm³/mol. The van der Waals surface area contributed by atoms with Crippen LogP contribution in [-0.2, 0) is 9.53 Å². The normalized spacial score (nSPS) is 13.5. The lowest BCUT2D eigenvalue weighted by atomic mass is 9.83. The highest BCUT2D eigenvalue weighted by Gasteiger charge is 2.28. The largest absolute Gasteiger partial charge is 0.460 e. The fourth-order valence-electron chi connectivity index (χ4n) is 2.60. The molecule has 0 saturated carbocycles. The Balaban J connectivity index is 3.98. The van der Waals surface area contributed by atoms with Crippen molar-refractivity contribution < 1.29 is 9.53 Å². The summed E-state index contributed by atoms with van der Waals surface area (Å²) in [7, 11) is 0. The number of hydrogen-bond acceptors (Lipinski definition) is 2. The lowest BCUT2D eigenvalue weighted by Crippen LogP contribution is -2.32. The van der Waals surface area contributed by atoms with E-state index in [9.17, 15) is 4.79 Å². The summed E-state index contributed by atoms with van der Waals surface area (Å²) in [6, 6.07) is 0. The van der Waals surface area contributed by atoms with Crippen LogP contribution in [0.4, 0.5) is 0 Å². The summed E-state index contributed by atoms with van der Waals surface area (Å²) >= 11 is 0. The minimum absolute atomic E-state index is 0.0526. The zero-order valence-electron chi connectivity index (χ0n) is 14.4. The second-order valence-electron chi connectivity index (χ2n) is 8.74. The van der Waals surface area contributed by atoms with Crippen LogP contribution in [0.1, 0.15) is 87.5 Å². The van der Waals surface area contributed by atoms with E-state index in [1.807, 2.05) is 13.8 Å². The quantitative estimate of drug-likeness (QED) is 0.480. The monoisotopic (exact) mass is 270 g/mol. The molecule has 0 rings (SSSR count). The topological polar surface area (TPSA) is 26.3 Å². The van der Waals surface area contributed by atoms with E-state index in [4.69, 9.17) is 4.74 Å². The standard InChI is InChI=1S/C17H34O2/c1-15(2,3)12-10-9-11-14(18)19-17(7,8)13-16(4,5)6/h9-13H2,1-8H3. The van der Waals surface area contributed by atoms with E-state index < -0.39 is 0 Å². The van der Waals surface area contributed by atoms with Gasteiger partial charge in [-0.1, -0.05) is 48.0 Å². The van der Waals surface area contributed by atoms with E-state index in [2.05, 4.69) is 41.5 Å². The number of unbranched alkanes of at least 4 members (excludes halogenated alkanes) is 1. The number of carbonyl (C=O) groups is 1.